The number of fused-ring (bicyclic) bond motifs is 1. The molecule has 0 radical (unpaired) electrons. The van der Waals surface area contributed by atoms with Gasteiger partial charge in [0.05, 0.1) is 19.8 Å². The Balaban J connectivity index is 1.51. The lowest BCUT2D eigenvalue weighted by Gasteiger charge is -2.37. The van der Waals surface area contributed by atoms with Gasteiger partial charge in [0.1, 0.15) is 6.10 Å². The Hall–Kier alpha value is -2.11. The first-order chi connectivity index (χ1) is 11.9. The highest BCUT2D eigenvalue weighted by Crippen LogP contribution is 2.35. The maximum absolute atomic E-state index is 6.20. The number of aromatic nitrogens is 1. The van der Waals surface area contributed by atoms with Crippen LogP contribution in [0.25, 0.3) is 0 Å². The number of morpholine rings is 1. The minimum absolute atomic E-state index is 0.0487. The first kappa shape index (κ1) is 15.4. The predicted octanol–water partition coefficient (Wildman–Crippen LogP) is 2.35. The number of hydrogen-bond donors (Lipinski definition) is 0. The molecule has 5 heteroatoms. The number of anilines is 1. The molecule has 24 heavy (non-hydrogen) atoms. The first-order valence-electron chi connectivity index (χ1n) is 8.62. The quantitative estimate of drug-likeness (QED) is 0.863. The second-order valence-corrected chi connectivity index (χ2v) is 6.24. The van der Waals surface area contributed by atoms with Gasteiger partial charge in [-0.15, -0.1) is 0 Å². The minimum Gasteiger partial charge on any atom is -0.480 e. The third-order valence-corrected chi connectivity index (χ3v) is 4.67. The van der Waals surface area contributed by atoms with E-state index in [0.29, 0.717) is 0 Å². The second-order valence-electron chi connectivity index (χ2n) is 6.24. The number of ether oxygens (including phenoxy) is 2. The van der Waals surface area contributed by atoms with Crippen molar-refractivity contribution in [1.29, 1.82) is 0 Å². The van der Waals surface area contributed by atoms with E-state index in [4.69, 9.17) is 9.47 Å². The fourth-order valence-corrected chi connectivity index (χ4v) is 3.31. The molecule has 3 heterocycles. The van der Waals surface area contributed by atoms with Crippen LogP contribution in [0.3, 0.4) is 0 Å². The Kier molecular flexibility index (Phi) is 4.62. The average molecular weight is 325 g/mol. The zero-order valence-corrected chi connectivity index (χ0v) is 13.8. The van der Waals surface area contributed by atoms with Crippen LogP contribution in [0, 0.1) is 0 Å². The maximum Gasteiger partial charge on any atom is 0.171 e. The van der Waals surface area contributed by atoms with Crippen LogP contribution in [-0.4, -0.2) is 55.8 Å². The molecule has 1 aromatic heterocycles. The van der Waals surface area contributed by atoms with Crippen LogP contribution in [-0.2, 0) is 4.74 Å². The third kappa shape index (κ3) is 3.37. The van der Waals surface area contributed by atoms with Gasteiger partial charge in [0.25, 0.3) is 0 Å². The summed E-state index contributed by atoms with van der Waals surface area (Å²) >= 11 is 0. The van der Waals surface area contributed by atoms with Gasteiger partial charge in [-0.3, -0.25) is 4.90 Å². The molecule has 0 bridgehead atoms. The number of pyridine rings is 1. The van der Waals surface area contributed by atoms with Gasteiger partial charge in [-0.25, -0.2) is 4.98 Å². The van der Waals surface area contributed by atoms with Gasteiger partial charge in [0.2, 0.25) is 0 Å². The topological polar surface area (TPSA) is 37.8 Å². The van der Waals surface area contributed by atoms with E-state index in [9.17, 15) is 0 Å². The summed E-state index contributed by atoms with van der Waals surface area (Å²) in [4.78, 5) is 9.36. The molecule has 1 saturated heterocycles. The van der Waals surface area contributed by atoms with Crippen molar-refractivity contribution in [2.45, 2.75) is 6.10 Å². The van der Waals surface area contributed by atoms with E-state index in [-0.39, 0.29) is 6.10 Å². The maximum atomic E-state index is 6.20. The molecular weight excluding hydrogens is 302 g/mol. The van der Waals surface area contributed by atoms with Gasteiger partial charge in [0.15, 0.2) is 11.6 Å². The Bertz CT molecular complexity index is 659. The fourth-order valence-electron chi connectivity index (χ4n) is 3.31. The molecule has 1 aromatic carbocycles. The number of hydrogen-bond acceptors (Lipinski definition) is 5. The highest BCUT2D eigenvalue weighted by molar-refractivity contribution is 5.54. The molecule has 0 spiro atoms. The van der Waals surface area contributed by atoms with Gasteiger partial charge in [-0.05, 0) is 17.7 Å². The third-order valence-electron chi connectivity index (χ3n) is 4.67. The Labute approximate surface area is 142 Å². The van der Waals surface area contributed by atoms with Crippen molar-refractivity contribution in [2.24, 2.45) is 0 Å². The molecule has 4 rings (SSSR count). The summed E-state index contributed by atoms with van der Waals surface area (Å²) in [6.07, 6.45) is 1.89. The van der Waals surface area contributed by atoms with E-state index in [1.807, 2.05) is 24.4 Å². The van der Waals surface area contributed by atoms with E-state index in [1.165, 1.54) is 5.56 Å². The summed E-state index contributed by atoms with van der Waals surface area (Å²) in [5.74, 6) is 1.83. The van der Waals surface area contributed by atoms with Gasteiger partial charge in [-0.1, -0.05) is 30.3 Å². The summed E-state index contributed by atoms with van der Waals surface area (Å²) in [7, 11) is 0. The molecule has 1 fully saturated rings. The van der Waals surface area contributed by atoms with Crippen molar-refractivity contribution >= 4 is 5.82 Å². The van der Waals surface area contributed by atoms with Gasteiger partial charge >= 0.3 is 0 Å². The second kappa shape index (κ2) is 7.20. The van der Waals surface area contributed by atoms with Crippen LogP contribution >= 0.6 is 0 Å². The molecule has 5 nitrogen and oxygen atoms in total. The minimum atomic E-state index is 0.0487. The largest absolute Gasteiger partial charge is 0.480 e. The highest BCUT2D eigenvalue weighted by Gasteiger charge is 2.28. The van der Waals surface area contributed by atoms with Crippen LogP contribution < -0.4 is 9.64 Å². The van der Waals surface area contributed by atoms with Crippen molar-refractivity contribution in [3.05, 3.63) is 54.2 Å². The Morgan fingerprint density at radius 3 is 2.67 bits per heavy atom. The summed E-state index contributed by atoms with van der Waals surface area (Å²) in [6.45, 7) is 6.52. The van der Waals surface area contributed by atoms with Crippen molar-refractivity contribution in [3.8, 4) is 5.75 Å². The summed E-state index contributed by atoms with van der Waals surface area (Å²) in [5.41, 5.74) is 1.21. The molecule has 1 unspecified atom stereocenters. The molecule has 126 valence electrons. The molecule has 2 aliphatic rings. The smallest absolute Gasteiger partial charge is 0.171 e. The lowest BCUT2D eigenvalue weighted by Crippen LogP contribution is -2.44. The van der Waals surface area contributed by atoms with Gasteiger partial charge < -0.3 is 14.4 Å². The average Bonchev–Trinajstić information content (AvgIpc) is 2.67. The number of benzene rings is 1. The standard InChI is InChI=1S/C19H23N3O2/c1-2-5-16(6-3-1)18-15-22(10-9-21-11-13-23-14-12-21)19-17(24-18)7-4-8-20-19/h1-8,18H,9-15H2. The van der Waals surface area contributed by atoms with E-state index in [0.717, 1.165) is 57.5 Å². The van der Waals surface area contributed by atoms with Crippen LogP contribution in [0.4, 0.5) is 5.82 Å². The van der Waals surface area contributed by atoms with E-state index in [1.54, 1.807) is 0 Å². The summed E-state index contributed by atoms with van der Waals surface area (Å²) in [5, 5.41) is 0. The normalized spacial score (nSPS) is 21.2. The van der Waals surface area contributed by atoms with E-state index < -0.39 is 0 Å². The van der Waals surface area contributed by atoms with E-state index in [2.05, 4.69) is 39.0 Å². The molecule has 2 aromatic rings. The molecule has 0 saturated carbocycles. The lowest BCUT2D eigenvalue weighted by atomic mass is 10.1. The molecule has 1 atom stereocenters. The Morgan fingerprint density at radius 2 is 1.83 bits per heavy atom. The first-order valence-corrected chi connectivity index (χ1v) is 8.62. The monoisotopic (exact) mass is 325 g/mol. The van der Waals surface area contributed by atoms with Gasteiger partial charge in [-0.2, -0.15) is 0 Å². The van der Waals surface area contributed by atoms with Gasteiger partial charge in [0, 0.05) is 32.4 Å². The molecule has 0 N–H and O–H groups in total. The SMILES string of the molecule is c1ccc(C2CN(CCN3CCOCC3)c3ncccc3O2)cc1. The fraction of sp³-hybridized carbons (Fsp3) is 0.421. The van der Waals surface area contributed by atoms with Crippen molar-refractivity contribution in [3.63, 3.8) is 0 Å². The molecular formula is C19H23N3O2. The molecule has 0 aliphatic carbocycles. The van der Waals surface area contributed by atoms with Crippen LogP contribution in [0.5, 0.6) is 5.75 Å². The zero-order chi connectivity index (χ0) is 16.2. The zero-order valence-electron chi connectivity index (χ0n) is 13.8. The summed E-state index contributed by atoms with van der Waals surface area (Å²) < 4.78 is 11.6. The Morgan fingerprint density at radius 1 is 1.00 bits per heavy atom. The van der Waals surface area contributed by atoms with Crippen molar-refractivity contribution < 1.29 is 9.47 Å². The summed E-state index contributed by atoms with van der Waals surface area (Å²) in [6, 6.07) is 14.4. The van der Waals surface area contributed by atoms with Crippen LogP contribution in [0.2, 0.25) is 0 Å². The number of nitrogens with zero attached hydrogens (tertiary/aromatic N) is 3. The highest BCUT2D eigenvalue weighted by atomic mass is 16.5. The molecule has 0 amide bonds. The van der Waals surface area contributed by atoms with Crippen LogP contribution in [0.1, 0.15) is 11.7 Å². The van der Waals surface area contributed by atoms with E-state index >= 15 is 0 Å². The molecule has 2 aliphatic heterocycles. The van der Waals surface area contributed by atoms with Crippen molar-refractivity contribution in [2.75, 3.05) is 50.8 Å². The van der Waals surface area contributed by atoms with Crippen molar-refractivity contribution in [1.82, 2.24) is 9.88 Å². The lowest BCUT2D eigenvalue weighted by molar-refractivity contribution is 0.0388. The predicted molar refractivity (Wildman–Crippen MR) is 93.5 cm³/mol. The van der Waals surface area contributed by atoms with Crippen LogP contribution in [0.15, 0.2) is 48.7 Å². The number of rotatable bonds is 4.